The molecule has 0 fully saturated rings. The van der Waals surface area contributed by atoms with Gasteiger partial charge in [0.25, 0.3) is 0 Å². The van der Waals surface area contributed by atoms with Gasteiger partial charge < -0.3 is 14.0 Å². The first-order valence-corrected chi connectivity index (χ1v) is 5.59. The average molecular weight is 255 g/mol. The summed E-state index contributed by atoms with van der Waals surface area (Å²) in [7, 11) is 0. The van der Waals surface area contributed by atoms with Crippen LogP contribution in [0, 0.1) is 18.3 Å². The van der Waals surface area contributed by atoms with E-state index in [-0.39, 0.29) is 6.42 Å². The number of nitriles is 1. The molecule has 0 radical (unpaired) electrons. The Morgan fingerprint density at radius 2 is 2.26 bits per heavy atom. The zero-order valence-electron chi connectivity index (χ0n) is 10.0. The van der Waals surface area contributed by atoms with Gasteiger partial charge in [-0.15, -0.1) is 0 Å². The van der Waals surface area contributed by atoms with Gasteiger partial charge in [0.15, 0.2) is 5.76 Å². The number of nitrogens with one attached hydrogen (secondary N) is 1. The predicted octanol–water partition coefficient (Wildman–Crippen LogP) is 1.82. The van der Waals surface area contributed by atoms with Crippen molar-refractivity contribution in [1.82, 2.24) is 20.3 Å². The number of rotatable bonds is 3. The topological polar surface area (TPSA) is 105 Å². The van der Waals surface area contributed by atoms with Crippen molar-refractivity contribution in [3.8, 4) is 17.6 Å². The molecule has 0 atom stereocenters. The fraction of sp³-hybridized carbons (Fsp3) is 0.167. The van der Waals surface area contributed by atoms with E-state index in [9.17, 15) is 0 Å². The fourth-order valence-electron chi connectivity index (χ4n) is 1.73. The van der Waals surface area contributed by atoms with Crippen LogP contribution in [0.5, 0.6) is 0 Å². The molecule has 0 aliphatic heterocycles. The van der Waals surface area contributed by atoms with Crippen LogP contribution in [-0.2, 0) is 6.42 Å². The second-order valence-corrected chi connectivity index (χ2v) is 3.94. The third-order valence-electron chi connectivity index (χ3n) is 2.67. The summed E-state index contributed by atoms with van der Waals surface area (Å²) in [6, 6.07) is 5.74. The minimum atomic E-state index is 0.272. The van der Waals surface area contributed by atoms with Crippen molar-refractivity contribution >= 4 is 0 Å². The molecular formula is C12H9N5O2. The molecular weight excluding hydrogens is 246 g/mol. The monoisotopic (exact) mass is 255 g/mol. The van der Waals surface area contributed by atoms with Crippen molar-refractivity contribution in [3.05, 3.63) is 41.2 Å². The van der Waals surface area contributed by atoms with Crippen LogP contribution in [0.15, 0.2) is 27.4 Å². The summed E-state index contributed by atoms with van der Waals surface area (Å²) in [6.07, 6.45) is 2.05. The highest BCUT2D eigenvalue weighted by atomic mass is 16.5. The van der Waals surface area contributed by atoms with Crippen LogP contribution in [0.2, 0.25) is 0 Å². The van der Waals surface area contributed by atoms with Gasteiger partial charge in [-0.1, -0.05) is 10.3 Å². The molecule has 3 rings (SSSR count). The van der Waals surface area contributed by atoms with Gasteiger partial charge in [-0.05, 0) is 19.1 Å². The molecule has 1 N–H and O–H groups in total. The second kappa shape index (κ2) is 4.42. The smallest absolute Gasteiger partial charge is 0.233 e. The Labute approximate surface area is 107 Å². The molecule has 7 nitrogen and oxygen atoms in total. The van der Waals surface area contributed by atoms with Crippen LogP contribution in [0.3, 0.4) is 0 Å². The quantitative estimate of drug-likeness (QED) is 0.765. The lowest BCUT2D eigenvalue weighted by molar-refractivity contribution is 0.371. The van der Waals surface area contributed by atoms with Gasteiger partial charge in [0.1, 0.15) is 17.3 Å². The molecule has 0 aliphatic carbocycles. The lowest BCUT2D eigenvalue weighted by atomic mass is 10.2. The van der Waals surface area contributed by atoms with Crippen molar-refractivity contribution in [3.63, 3.8) is 0 Å². The number of aryl methyl sites for hydroxylation is 1. The Morgan fingerprint density at radius 3 is 3.00 bits per heavy atom. The number of hydrogen-bond acceptors (Lipinski definition) is 6. The van der Waals surface area contributed by atoms with Crippen LogP contribution < -0.4 is 0 Å². The maximum absolute atomic E-state index is 9.00. The third kappa shape index (κ3) is 1.99. The number of hydrogen-bond donors (Lipinski definition) is 1. The lowest BCUT2D eigenvalue weighted by Gasteiger charge is -1.88. The van der Waals surface area contributed by atoms with Gasteiger partial charge in [-0.25, -0.2) is 0 Å². The van der Waals surface area contributed by atoms with Crippen molar-refractivity contribution in [2.75, 3.05) is 0 Å². The Hall–Kier alpha value is -2.88. The van der Waals surface area contributed by atoms with E-state index in [1.54, 1.807) is 13.1 Å². The van der Waals surface area contributed by atoms with Gasteiger partial charge in [-0.3, -0.25) is 0 Å². The molecule has 19 heavy (non-hydrogen) atoms. The van der Waals surface area contributed by atoms with Gasteiger partial charge in [0.2, 0.25) is 11.7 Å². The van der Waals surface area contributed by atoms with Crippen LogP contribution in [0.4, 0.5) is 0 Å². The van der Waals surface area contributed by atoms with E-state index in [4.69, 9.17) is 14.3 Å². The molecule has 0 saturated carbocycles. The molecule has 3 aromatic heterocycles. The largest absolute Gasteiger partial charge is 0.360 e. The van der Waals surface area contributed by atoms with Crippen LogP contribution in [0.25, 0.3) is 11.5 Å². The normalized spacial score (nSPS) is 10.5. The summed E-state index contributed by atoms with van der Waals surface area (Å²) in [5.74, 6) is 1.34. The molecule has 7 heteroatoms. The van der Waals surface area contributed by atoms with Crippen molar-refractivity contribution < 1.29 is 9.05 Å². The standard InChI is InChI=1S/C12H9N5O2/c1-7-8(6-13)10(16-18-7)5-11-15-12(17-19-11)9-3-2-4-14-9/h2-4,14H,5H2,1H3. The Balaban J connectivity index is 1.87. The molecule has 0 aromatic carbocycles. The van der Waals surface area contributed by atoms with E-state index >= 15 is 0 Å². The van der Waals surface area contributed by atoms with E-state index in [1.807, 2.05) is 18.2 Å². The summed E-state index contributed by atoms with van der Waals surface area (Å²) in [5.41, 5.74) is 1.69. The molecule has 0 unspecified atom stereocenters. The van der Waals surface area contributed by atoms with E-state index in [0.717, 1.165) is 5.69 Å². The molecule has 0 aliphatic rings. The number of aromatic nitrogens is 4. The Morgan fingerprint density at radius 1 is 1.37 bits per heavy atom. The molecule has 0 amide bonds. The van der Waals surface area contributed by atoms with Crippen LogP contribution >= 0.6 is 0 Å². The third-order valence-corrected chi connectivity index (χ3v) is 2.67. The maximum Gasteiger partial charge on any atom is 0.233 e. The highest BCUT2D eigenvalue weighted by Crippen LogP contribution is 2.17. The lowest BCUT2D eigenvalue weighted by Crippen LogP contribution is -1.92. The molecule has 0 spiro atoms. The number of nitrogens with zero attached hydrogens (tertiary/aromatic N) is 4. The average Bonchev–Trinajstić information content (AvgIpc) is 3.11. The summed E-state index contributed by atoms with van der Waals surface area (Å²) in [6.45, 7) is 1.69. The van der Waals surface area contributed by atoms with Crippen LogP contribution in [-0.4, -0.2) is 20.3 Å². The van der Waals surface area contributed by atoms with E-state index in [1.165, 1.54) is 0 Å². The number of H-pyrrole nitrogens is 1. The second-order valence-electron chi connectivity index (χ2n) is 3.94. The summed E-state index contributed by atoms with van der Waals surface area (Å²) in [4.78, 5) is 7.22. The maximum atomic E-state index is 9.00. The molecule has 94 valence electrons. The van der Waals surface area contributed by atoms with E-state index in [0.29, 0.717) is 28.7 Å². The Kier molecular flexibility index (Phi) is 2.61. The first-order chi connectivity index (χ1) is 9.28. The van der Waals surface area contributed by atoms with Gasteiger partial charge in [0, 0.05) is 6.20 Å². The highest BCUT2D eigenvalue weighted by Gasteiger charge is 2.17. The molecule has 3 heterocycles. The zero-order chi connectivity index (χ0) is 13.2. The minimum Gasteiger partial charge on any atom is -0.360 e. The van der Waals surface area contributed by atoms with E-state index in [2.05, 4.69) is 20.3 Å². The van der Waals surface area contributed by atoms with Crippen molar-refractivity contribution in [1.29, 1.82) is 5.26 Å². The number of aromatic amines is 1. The highest BCUT2D eigenvalue weighted by molar-refractivity contribution is 5.48. The molecule has 0 bridgehead atoms. The summed E-state index contributed by atoms with van der Waals surface area (Å²) >= 11 is 0. The first-order valence-electron chi connectivity index (χ1n) is 5.59. The van der Waals surface area contributed by atoms with Crippen molar-refractivity contribution in [2.24, 2.45) is 0 Å². The predicted molar refractivity (Wildman–Crippen MR) is 62.8 cm³/mol. The zero-order valence-corrected chi connectivity index (χ0v) is 10.0. The molecule has 3 aromatic rings. The van der Waals surface area contributed by atoms with Crippen LogP contribution in [0.1, 0.15) is 22.9 Å². The summed E-state index contributed by atoms with van der Waals surface area (Å²) < 4.78 is 10.1. The fourth-order valence-corrected chi connectivity index (χ4v) is 1.73. The van der Waals surface area contributed by atoms with Gasteiger partial charge in [0.05, 0.1) is 12.1 Å². The van der Waals surface area contributed by atoms with Crippen molar-refractivity contribution in [2.45, 2.75) is 13.3 Å². The first kappa shape index (κ1) is 11.2. The van der Waals surface area contributed by atoms with Gasteiger partial charge in [-0.2, -0.15) is 10.2 Å². The minimum absolute atomic E-state index is 0.272. The van der Waals surface area contributed by atoms with Gasteiger partial charge >= 0.3 is 0 Å². The Bertz CT molecular complexity index is 733. The SMILES string of the molecule is Cc1onc(Cc2nc(-c3ccc[nH]3)no2)c1C#N. The van der Waals surface area contributed by atoms with E-state index < -0.39 is 0 Å². The molecule has 0 saturated heterocycles. The summed E-state index contributed by atoms with van der Waals surface area (Å²) in [5, 5.41) is 16.7.